The summed E-state index contributed by atoms with van der Waals surface area (Å²) in [5, 5.41) is 17.4. The number of anilines is 1. The predicted octanol–water partition coefficient (Wildman–Crippen LogP) is 2.07. The first kappa shape index (κ1) is 13.0. The molecule has 0 spiro atoms. The number of rotatable bonds is 6. The van der Waals surface area contributed by atoms with Gasteiger partial charge in [-0.15, -0.1) is 11.3 Å². The molecule has 2 rings (SSSR count). The topological polar surface area (TPSA) is 63.0 Å². The molecule has 0 atom stereocenters. The molecule has 0 amide bonds. The van der Waals surface area contributed by atoms with E-state index in [4.69, 9.17) is 5.11 Å². The zero-order valence-electron chi connectivity index (χ0n) is 10.6. The molecule has 0 aliphatic carbocycles. The Balaban J connectivity index is 1.89. The van der Waals surface area contributed by atoms with Crippen molar-refractivity contribution in [2.75, 3.05) is 11.9 Å². The van der Waals surface area contributed by atoms with Crippen molar-refractivity contribution in [2.24, 2.45) is 0 Å². The maximum Gasteiger partial charge on any atom is 0.0953 e. The Hall–Kier alpha value is -1.40. The molecule has 0 radical (unpaired) electrons. The second kappa shape index (κ2) is 5.97. The van der Waals surface area contributed by atoms with E-state index in [0.29, 0.717) is 12.5 Å². The molecule has 0 aliphatic rings. The van der Waals surface area contributed by atoms with Crippen LogP contribution in [0.3, 0.4) is 0 Å². The molecule has 2 aromatic heterocycles. The lowest BCUT2D eigenvalue weighted by molar-refractivity contribution is 0.269. The molecule has 18 heavy (non-hydrogen) atoms. The summed E-state index contributed by atoms with van der Waals surface area (Å²) < 4.78 is 1.72. The molecule has 2 heterocycles. The first-order valence-electron chi connectivity index (χ1n) is 6.01. The summed E-state index contributed by atoms with van der Waals surface area (Å²) in [6, 6.07) is 0. The van der Waals surface area contributed by atoms with Gasteiger partial charge in [0.15, 0.2) is 0 Å². The molecule has 0 bridgehead atoms. The summed E-state index contributed by atoms with van der Waals surface area (Å²) in [6.07, 6.45) is 5.58. The first-order chi connectivity index (χ1) is 8.69. The van der Waals surface area contributed by atoms with Gasteiger partial charge in [0.25, 0.3) is 0 Å². The van der Waals surface area contributed by atoms with Gasteiger partial charge in [-0.2, -0.15) is 5.10 Å². The summed E-state index contributed by atoms with van der Waals surface area (Å²) in [7, 11) is 0. The largest absolute Gasteiger partial charge is 0.394 e. The smallest absolute Gasteiger partial charge is 0.0953 e. The second-order valence-electron chi connectivity index (χ2n) is 4.39. The van der Waals surface area contributed by atoms with Crippen LogP contribution in [-0.4, -0.2) is 26.5 Å². The number of nitrogens with zero attached hydrogens (tertiary/aromatic N) is 3. The van der Waals surface area contributed by atoms with Crippen molar-refractivity contribution in [3.63, 3.8) is 0 Å². The van der Waals surface area contributed by atoms with Gasteiger partial charge in [0, 0.05) is 23.2 Å². The fourth-order valence-electron chi connectivity index (χ4n) is 1.54. The van der Waals surface area contributed by atoms with Gasteiger partial charge in [-0.1, -0.05) is 13.8 Å². The fraction of sp³-hybridized carbons (Fsp3) is 0.500. The third kappa shape index (κ3) is 3.30. The summed E-state index contributed by atoms with van der Waals surface area (Å²) in [5.41, 5.74) is 0.961. The number of thiazole rings is 1. The van der Waals surface area contributed by atoms with Crippen LogP contribution in [0.1, 0.15) is 29.7 Å². The lowest BCUT2D eigenvalue weighted by Gasteiger charge is -2.00. The Morgan fingerprint density at radius 2 is 2.28 bits per heavy atom. The van der Waals surface area contributed by atoms with E-state index in [9.17, 15) is 0 Å². The summed E-state index contributed by atoms with van der Waals surface area (Å²) in [4.78, 5) is 5.60. The van der Waals surface area contributed by atoms with Gasteiger partial charge in [0.2, 0.25) is 0 Å². The van der Waals surface area contributed by atoms with Crippen molar-refractivity contribution in [3.05, 3.63) is 28.5 Å². The van der Waals surface area contributed by atoms with Gasteiger partial charge in [-0.05, 0) is 0 Å². The van der Waals surface area contributed by atoms with Gasteiger partial charge in [-0.25, -0.2) is 4.98 Å². The Morgan fingerprint density at radius 1 is 1.44 bits per heavy atom. The number of aromatic nitrogens is 3. The van der Waals surface area contributed by atoms with E-state index >= 15 is 0 Å². The normalized spacial score (nSPS) is 11.1. The van der Waals surface area contributed by atoms with Crippen LogP contribution in [0, 0.1) is 0 Å². The SMILES string of the molecule is CC(C)c1ncc(CNc2cnn(CCO)c2)s1. The third-order valence-corrected chi connectivity index (χ3v) is 3.79. The maximum atomic E-state index is 8.80. The van der Waals surface area contributed by atoms with Gasteiger partial charge in [0.1, 0.15) is 0 Å². The van der Waals surface area contributed by atoms with Gasteiger partial charge in [0.05, 0.1) is 36.6 Å². The summed E-state index contributed by atoms with van der Waals surface area (Å²) >= 11 is 1.74. The van der Waals surface area contributed by atoms with E-state index in [0.717, 1.165) is 12.2 Å². The molecular formula is C12H18N4OS. The Bertz CT molecular complexity index is 492. The van der Waals surface area contributed by atoms with Crippen molar-refractivity contribution >= 4 is 17.0 Å². The van der Waals surface area contributed by atoms with E-state index in [2.05, 4.69) is 29.2 Å². The van der Waals surface area contributed by atoms with E-state index in [-0.39, 0.29) is 6.61 Å². The van der Waals surface area contributed by atoms with Gasteiger partial charge in [-0.3, -0.25) is 4.68 Å². The molecular weight excluding hydrogens is 248 g/mol. The minimum atomic E-state index is 0.105. The highest BCUT2D eigenvalue weighted by molar-refractivity contribution is 7.11. The minimum Gasteiger partial charge on any atom is -0.394 e. The lowest BCUT2D eigenvalue weighted by atomic mass is 10.2. The first-order valence-corrected chi connectivity index (χ1v) is 6.82. The number of nitrogens with one attached hydrogen (secondary N) is 1. The number of aliphatic hydroxyl groups is 1. The number of hydrogen-bond acceptors (Lipinski definition) is 5. The average Bonchev–Trinajstić information content (AvgIpc) is 2.95. The van der Waals surface area contributed by atoms with E-state index in [1.54, 1.807) is 22.2 Å². The van der Waals surface area contributed by atoms with Crippen LogP contribution in [0.4, 0.5) is 5.69 Å². The van der Waals surface area contributed by atoms with Crippen molar-refractivity contribution < 1.29 is 5.11 Å². The molecule has 98 valence electrons. The van der Waals surface area contributed by atoms with Crippen LogP contribution in [0.2, 0.25) is 0 Å². The molecule has 2 aromatic rings. The van der Waals surface area contributed by atoms with E-state index in [1.165, 1.54) is 9.88 Å². The number of hydrogen-bond donors (Lipinski definition) is 2. The van der Waals surface area contributed by atoms with Crippen molar-refractivity contribution in [1.82, 2.24) is 14.8 Å². The molecule has 0 aromatic carbocycles. The molecule has 6 heteroatoms. The summed E-state index contributed by atoms with van der Waals surface area (Å²) in [6.45, 7) is 5.69. The van der Waals surface area contributed by atoms with Gasteiger partial charge < -0.3 is 10.4 Å². The Morgan fingerprint density at radius 3 is 2.94 bits per heavy atom. The quantitative estimate of drug-likeness (QED) is 0.840. The second-order valence-corrected chi connectivity index (χ2v) is 5.54. The highest BCUT2D eigenvalue weighted by atomic mass is 32.1. The average molecular weight is 266 g/mol. The van der Waals surface area contributed by atoms with Crippen molar-refractivity contribution in [1.29, 1.82) is 0 Å². The van der Waals surface area contributed by atoms with Crippen LogP contribution in [0.15, 0.2) is 18.6 Å². The molecule has 2 N–H and O–H groups in total. The zero-order valence-corrected chi connectivity index (χ0v) is 11.4. The van der Waals surface area contributed by atoms with Crippen LogP contribution < -0.4 is 5.32 Å². The van der Waals surface area contributed by atoms with E-state index < -0.39 is 0 Å². The maximum absolute atomic E-state index is 8.80. The molecule has 0 saturated carbocycles. The van der Waals surface area contributed by atoms with Crippen LogP contribution in [-0.2, 0) is 13.1 Å². The van der Waals surface area contributed by atoms with Crippen LogP contribution in [0.25, 0.3) is 0 Å². The van der Waals surface area contributed by atoms with Crippen LogP contribution in [0.5, 0.6) is 0 Å². The minimum absolute atomic E-state index is 0.105. The third-order valence-electron chi connectivity index (χ3n) is 2.49. The Labute approximate surface area is 110 Å². The standard InChI is InChI=1S/C12H18N4OS/c1-9(2)12-14-7-11(18-12)6-13-10-5-15-16(8-10)3-4-17/h5,7-9,13,17H,3-4,6H2,1-2H3. The highest BCUT2D eigenvalue weighted by Gasteiger charge is 2.06. The lowest BCUT2D eigenvalue weighted by Crippen LogP contribution is -2.01. The highest BCUT2D eigenvalue weighted by Crippen LogP contribution is 2.21. The molecule has 0 unspecified atom stereocenters. The summed E-state index contributed by atoms with van der Waals surface area (Å²) in [5.74, 6) is 0.482. The monoisotopic (exact) mass is 266 g/mol. The predicted molar refractivity (Wildman–Crippen MR) is 72.8 cm³/mol. The van der Waals surface area contributed by atoms with Gasteiger partial charge >= 0.3 is 0 Å². The van der Waals surface area contributed by atoms with Crippen molar-refractivity contribution in [2.45, 2.75) is 32.9 Å². The Kier molecular flexibility index (Phi) is 4.33. The zero-order chi connectivity index (χ0) is 13.0. The van der Waals surface area contributed by atoms with Crippen LogP contribution >= 0.6 is 11.3 Å². The molecule has 0 aliphatic heterocycles. The van der Waals surface area contributed by atoms with Crippen molar-refractivity contribution in [3.8, 4) is 0 Å². The van der Waals surface area contributed by atoms with E-state index in [1.807, 2.05) is 12.4 Å². The molecule has 5 nitrogen and oxygen atoms in total. The number of aliphatic hydroxyl groups excluding tert-OH is 1. The molecule has 0 fully saturated rings. The fourth-order valence-corrected chi connectivity index (χ4v) is 2.40. The molecule has 0 saturated heterocycles.